The van der Waals surface area contributed by atoms with E-state index in [-0.39, 0.29) is 17.9 Å². The summed E-state index contributed by atoms with van der Waals surface area (Å²) in [5.74, 6) is -0.0417. The number of benzene rings is 1. The minimum atomic E-state index is -0.0428. The van der Waals surface area contributed by atoms with Crippen LogP contribution >= 0.6 is 0 Å². The zero-order valence-corrected chi connectivity index (χ0v) is 12.1. The molecule has 1 unspecified atom stereocenters. The summed E-state index contributed by atoms with van der Waals surface area (Å²) in [6, 6.07) is 7.32. The highest BCUT2D eigenvalue weighted by molar-refractivity contribution is 5.90. The summed E-state index contributed by atoms with van der Waals surface area (Å²) in [5.41, 5.74) is 7.26. The van der Waals surface area contributed by atoms with Crippen molar-refractivity contribution in [3.05, 3.63) is 29.8 Å². The normalized spacial score (nSPS) is 11.8. The number of nitrogens with two attached hydrogens (primary N) is 1. The molecule has 0 aliphatic heterocycles. The average molecular weight is 277 g/mol. The number of rotatable bonds is 7. The molecule has 5 heteroatoms. The lowest BCUT2D eigenvalue weighted by molar-refractivity contribution is -0.120. The maximum Gasteiger partial charge on any atom is 0.224 e. The summed E-state index contributed by atoms with van der Waals surface area (Å²) < 4.78 is 0. The van der Waals surface area contributed by atoms with Crippen LogP contribution in [-0.2, 0) is 16.0 Å². The Hall–Kier alpha value is -1.88. The maximum absolute atomic E-state index is 11.6. The van der Waals surface area contributed by atoms with Gasteiger partial charge in [-0.05, 0) is 38.0 Å². The standard InChI is InChI=1S/C15H23N3O2/c1-3-17-15(20)10-12-5-7-13(8-6-12)18-14(19)9-4-11(2)16/h5-8,11H,3-4,9-10,16H2,1-2H3,(H,17,20)(H,18,19). The van der Waals surface area contributed by atoms with E-state index >= 15 is 0 Å². The summed E-state index contributed by atoms with van der Waals surface area (Å²) >= 11 is 0. The molecular weight excluding hydrogens is 254 g/mol. The number of hydrogen-bond acceptors (Lipinski definition) is 3. The van der Waals surface area contributed by atoms with Crippen molar-refractivity contribution in [2.75, 3.05) is 11.9 Å². The van der Waals surface area contributed by atoms with Crippen LogP contribution in [0.3, 0.4) is 0 Å². The Morgan fingerprint density at radius 2 is 1.85 bits per heavy atom. The van der Waals surface area contributed by atoms with Gasteiger partial charge >= 0.3 is 0 Å². The zero-order chi connectivity index (χ0) is 15.0. The van der Waals surface area contributed by atoms with Gasteiger partial charge in [-0.25, -0.2) is 0 Å². The van der Waals surface area contributed by atoms with Gasteiger partial charge in [0.25, 0.3) is 0 Å². The molecule has 1 atom stereocenters. The molecule has 0 spiro atoms. The van der Waals surface area contributed by atoms with E-state index in [1.807, 2.05) is 26.0 Å². The van der Waals surface area contributed by atoms with Crippen molar-refractivity contribution in [1.82, 2.24) is 5.32 Å². The van der Waals surface area contributed by atoms with Gasteiger partial charge in [0.2, 0.25) is 11.8 Å². The summed E-state index contributed by atoms with van der Waals surface area (Å²) in [6.07, 6.45) is 1.44. The molecule has 1 aromatic carbocycles. The Morgan fingerprint density at radius 3 is 2.40 bits per heavy atom. The van der Waals surface area contributed by atoms with Crippen LogP contribution in [0.15, 0.2) is 24.3 Å². The second-order valence-corrected chi connectivity index (χ2v) is 4.89. The average Bonchev–Trinajstić information content (AvgIpc) is 2.39. The number of carbonyl (C=O) groups excluding carboxylic acids is 2. The first-order valence-electron chi connectivity index (χ1n) is 6.92. The van der Waals surface area contributed by atoms with E-state index in [9.17, 15) is 9.59 Å². The highest BCUT2D eigenvalue weighted by Gasteiger charge is 2.05. The van der Waals surface area contributed by atoms with Gasteiger partial charge in [0.1, 0.15) is 0 Å². The van der Waals surface area contributed by atoms with Crippen molar-refractivity contribution in [2.24, 2.45) is 5.73 Å². The summed E-state index contributed by atoms with van der Waals surface area (Å²) in [6.45, 7) is 4.40. The van der Waals surface area contributed by atoms with E-state index < -0.39 is 0 Å². The van der Waals surface area contributed by atoms with Crippen molar-refractivity contribution < 1.29 is 9.59 Å². The van der Waals surface area contributed by atoms with Gasteiger partial charge in [0.05, 0.1) is 6.42 Å². The second-order valence-electron chi connectivity index (χ2n) is 4.89. The lowest BCUT2D eigenvalue weighted by Gasteiger charge is -2.08. The van der Waals surface area contributed by atoms with Crippen molar-refractivity contribution in [3.8, 4) is 0 Å². The first-order chi connectivity index (χ1) is 9.51. The van der Waals surface area contributed by atoms with Crippen LogP contribution in [0.5, 0.6) is 0 Å². The molecule has 4 N–H and O–H groups in total. The van der Waals surface area contributed by atoms with E-state index in [0.717, 1.165) is 11.3 Å². The van der Waals surface area contributed by atoms with Gasteiger partial charge in [0, 0.05) is 24.7 Å². The third kappa shape index (κ3) is 6.33. The number of hydrogen-bond donors (Lipinski definition) is 3. The minimum Gasteiger partial charge on any atom is -0.356 e. The maximum atomic E-state index is 11.6. The first-order valence-corrected chi connectivity index (χ1v) is 6.92. The number of nitrogens with one attached hydrogen (secondary N) is 2. The Bertz CT molecular complexity index is 441. The number of anilines is 1. The SMILES string of the molecule is CCNC(=O)Cc1ccc(NC(=O)CCC(C)N)cc1. The number of carbonyl (C=O) groups is 2. The number of likely N-dealkylation sites (N-methyl/N-ethyl adjacent to an activating group) is 1. The van der Waals surface area contributed by atoms with Crippen LogP contribution in [0.4, 0.5) is 5.69 Å². The fraction of sp³-hybridized carbons (Fsp3) is 0.467. The molecule has 5 nitrogen and oxygen atoms in total. The minimum absolute atomic E-state index is 0.00113. The monoisotopic (exact) mass is 277 g/mol. The molecule has 1 aromatic rings. The third-order valence-corrected chi connectivity index (χ3v) is 2.80. The van der Waals surface area contributed by atoms with E-state index in [1.165, 1.54) is 0 Å². The van der Waals surface area contributed by atoms with Gasteiger partial charge in [-0.3, -0.25) is 9.59 Å². The predicted molar refractivity (Wildman–Crippen MR) is 80.3 cm³/mol. The van der Waals surface area contributed by atoms with Crippen LogP contribution < -0.4 is 16.4 Å². The van der Waals surface area contributed by atoms with Gasteiger partial charge in [-0.1, -0.05) is 12.1 Å². The van der Waals surface area contributed by atoms with Crippen LogP contribution in [0.25, 0.3) is 0 Å². The van der Waals surface area contributed by atoms with E-state index in [0.29, 0.717) is 25.8 Å². The Labute approximate surface area is 119 Å². The van der Waals surface area contributed by atoms with Crippen molar-refractivity contribution >= 4 is 17.5 Å². The van der Waals surface area contributed by atoms with Gasteiger partial charge in [-0.15, -0.1) is 0 Å². The molecule has 0 aromatic heterocycles. The highest BCUT2D eigenvalue weighted by Crippen LogP contribution is 2.11. The molecule has 0 fully saturated rings. The third-order valence-electron chi connectivity index (χ3n) is 2.80. The summed E-state index contributed by atoms with van der Waals surface area (Å²) in [4.78, 5) is 23.1. The Balaban J connectivity index is 2.46. The second kappa shape index (κ2) is 8.32. The molecular formula is C15H23N3O2. The Kier molecular flexibility index (Phi) is 6.73. The quantitative estimate of drug-likeness (QED) is 0.705. The lowest BCUT2D eigenvalue weighted by atomic mass is 10.1. The van der Waals surface area contributed by atoms with Crippen LogP contribution in [-0.4, -0.2) is 24.4 Å². The Morgan fingerprint density at radius 1 is 1.20 bits per heavy atom. The highest BCUT2D eigenvalue weighted by atomic mass is 16.2. The molecule has 110 valence electrons. The molecule has 2 amide bonds. The topological polar surface area (TPSA) is 84.2 Å². The van der Waals surface area contributed by atoms with Crippen molar-refractivity contribution in [1.29, 1.82) is 0 Å². The number of amides is 2. The van der Waals surface area contributed by atoms with Crippen molar-refractivity contribution in [2.45, 2.75) is 39.2 Å². The molecule has 0 bridgehead atoms. The fourth-order valence-corrected chi connectivity index (χ4v) is 1.73. The first kappa shape index (κ1) is 16.2. The van der Waals surface area contributed by atoms with E-state index in [2.05, 4.69) is 10.6 Å². The smallest absolute Gasteiger partial charge is 0.224 e. The van der Waals surface area contributed by atoms with Crippen LogP contribution in [0.1, 0.15) is 32.3 Å². The lowest BCUT2D eigenvalue weighted by Crippen LogP contribution is -2.24. The molecule has 20 heavy (non-hydrogen) atoms. The van der Waals surface area contributed by atoms with Gasteiger partial charge in [0.15, 0.2) is 0 Å². The molecule has 0 aliphatic carbocycles. The summed E-state index contributed by atoms with van der Waals surface area (Å²) in [5, 5.41) is 5.56. The van der Waals surface area contributed by atoms with Gasteiger partial charge < -0.3 is 16.4 Å². The van der Waals surface area contributed by atoms with Crippen molar-refractivity contribution in [3.63, 3.8) is 0 Å². The largest absolute Gasteiger partial charge is 0.356 e. The molecule has 0 saturated heterocycles. The van der Waals surface area contributed by atoms with Crippen LogP contribution in [0.2, 0.25) is 0 Å². The van der Waals surface area contributed by atoms with Gasteiger partial charge in [-0.2, -0.15) is 0 Å². The predicted octanol–water partition coefficient (Wildman–Crippen LogP) is 1.43. The van der Waals surface area contributed by atoms with E-state index in [1.54, 1.807) is 12.1 Å². The van der Waals surface area contributed by atoms with Crippen LogP contribution in [0, 0.1) is 0 Å². The fourth-order valence-electron chi connectivity index (χ4n) is 1.73. The molecule has 0 radical (unpaired) electrons. The molecule has 0 saturated carbocycles. The molecule has 0 aliphatic rings. The zero-order valence-electron chi connectivity index (χ0n) is 12.1. The molecule has 0 heterocycles. The van der Waals surface area contributed by atoms with E-state index in [4.69, 9.17) is 5.73 Å². The molecule has 1 rings (SSSR count). The summed E-state index contributed by atoms with van der Waals surface area (Å²) in [7, 11) is 0.